The molecule has 10 nitrogen and oxygen atoms in total. The van der Waals surface area contributed by atoms with Gasteiger partial charge in [0.05, 0.1) is 25.3 Å². The molecule has 11 aromatic rings. The van der Waals surface area contributed by atoms with Gasteiger partial charge in [-0.2, -0.15) is 21.0 Å². The van der Waals surface area contributed by atoms with Gasteiger partial charge in [0.2, 0.25) is 0 Å². The summed E-state index contributed by atoms with van der Waals surface area (Å²) in [7, 11) is 3.31. The Kier molecular flexibility index (Phi) is 16.7. The van der Waals surface area contributed by atoms with E-state index in [2.05, 4.69) is 12.1 Å². The Morgan fingerprint density at radius 2 is 0.610 bits per heavy atom. The fourth-order valence-electron chi connectivity index (χ4n) is 9.32. The van der Waals surface area contributed by atoms with Crippen LogP contribution in [0, 0.1) is 45.3 Å². The maximum absolute atomic E-state index is 10.4. The van der Waals surface area contributed by atoms with Crippen molar-refractivity contribution >= 4 is 0 Å². The van der Waals surface area contributed by atoms with Crippen molar-refractivity contribution < 1.29 is 28.4 Å². The maximum Gasteiger partial charge on any atom is 0.171 e. The number of hydrogen-bond acceptors (Lipinski definition) is 10. The lowest BCUT2D eigenvalue weighted by atomic mass is 9.88. The molecule has 0 atom stereocenters. The Morgan fingerprint density at radius 1 is 0.268 bits per heavy atom. The molecule has 0 radical (unpaired) electrons. The van der Waals surface area contributed by atoms with E-state index in [9.17, 15) is 21.0 Å². The predicted octanol–water partition coefficient (Wildman–Crippen LogP) is 18.4. The fourth-order valence-corrected chi connectivity index (χ4v) is 9.32. The zero-order valence-electron chi connectivity index (χ0n) is 44.5. The molecule has 0 heterocycles. The maximum atomic E-state index is 10.4. The normalized spacial score (nSPS) is 10.3. The third-order valence-corrected chi connectivity index (χ3v) is 13.2. The van der Waals surface area contributed by atoms with Gasteiger partial charge in [0.1, 0.15) is 81.4 Å². The first-order chi connectivity index (χ1) is 40.4. The summed E-state index contributed by atoms with van der Waals surface area (Å²) in [5.74, 6) is 4.63. The molecule has 0 aromatic heterocycles. The van der Waals surface area contributed by atoms with Gasteiger partial charge in [-0.1, -0.05) is 188 Å². The highest BCUT2D eigenvalue weighted by Crippen LogP contribution is 2.54. The van der Waals surface area contributed by atoms with Crippen molar-refractivity contribution in [1.82, 2.24) is 0 Å². The second-order valence-electron chi connectivity index (χ2n) is 18.2. The van der Waals surface area contributed by atoms with E-state index in [1.165, 1.54) is 0 Å². The van der Waals surface area contributed by atoms with Crippen molar-refractivity contribution in [3.63, 3.8) is 0 Å². The van der Waals surface area contributed by atoms with Crippen LogP contribution in [-0.2, 0) is 0 Å². The van der Waals surface area contributed by atoms with Crippen LogP contribution in [0.1, 0.15) is 22.3 Å². The lowest BCUT2D eigenvalue weighted by Crippen LogP contribution is -2.01. The Balaban J connectivity index is 0.000000261. The minimum atomic E-state index is 0.144. The summed E-state index contributed by atoms with van der Waals surface area (Å²) in [6.45, 7) is 0. The van der Waals surface area contributed by atoms with Crippen LogP contribution in [0.5, 0.6) is 57.5 Å². The van der Waals surface area contributed by atoms with E-state index in [4.69, 9.17) is 28.4 Å². The average Bonchev–Trinajstić information content (AvgIpc) is 3.73. The van der Waals surface area contributed by atoms with E-state index in [1.807, 2.05) is 218 Å². The van der Waals surface area contributed by atoms with E-state index in [-0.39, 0.29) is 33.8 Å². The molecule has 0 fully saturated rings. The number of benzene rings is 11. The van der Waals surface area contributed by atoms with Gasteiger partial charge >= 0.3 is 0 Å². The Morgan fingerprint density at radius 3 is 0.963 bits per heavy atom. The molecule has 0 spiro atoms. The number of rotatable bonds is 15. The molecule has 0 aliphatic carbocycles. The minimum Gasteiger partial charge on any atom is -0.497 e. The standard InChI is InChI=1S/C52H36N2O4.C20H12N2O2/c1-55-42-30-43(35-18-8-3-9-19-35)51(44(31-42)36-20-10-4-11-21-36)57-46-28-40(33-53)41(34-54)29-47(46)58-52-45(37-22-12-5-13-23-37)32-48(56-2)49(38-24-14-6-15-25-38)50(52)39-26-16-7-17-27-39;21-13-17-18(14-22)20(24-16-9-5-2-6-10-16)12-11-19(17)23-15-7-3-1-4-8-15/h3-32H,1-2H3;1-12H. The molecule has 0 aliphatic heterocycles. The van der Waals surface area contributed by atoms with Gasteiger partial charge < -0.3 is 28.4 Å². The first-order valence-corrected chi connectivity index (χ1v) is 25.9. The quantitative estimate of drug-likeness (QED) is 0.0970. The number of ether oxygens (including phenoxy) is 6. The molecule has 0 N–H and O–H groups in total. The monoisotopic (exact) mass is 1060 g/mol. The largest absolute Gasteiger partial charge is 0.497 e. The predicted molar refractivity (Wildman–Crippen MR) is 318 cm³/mol. The smallest absolute Gasteiger partial charge is 0.171 e. The van der Waals surface area contributed by atoms with Gasteiger partial charge in [0.15, 0.2) is 11.5 Å². The molecule has 0 saturated carbocycles. The third-order valence-electron chi connectivity index (χ3n) is 13.2. The summed E-state index contributed by atoms with van der Waals surface area (Å²) in [6.07, 6.45) is 0. The van der Waals surface area contributed by atoms with E-state index >= 15 is 0 Å². The Labute approximate surface area is 475 Å². The lowest BCUT2D eigenvalue weighted by molar-refractivity contribution is 0.408. The number of hydrogen-bond donors (Lipinski definition) is 0. The summed E-state index contributed by atoms with van der Waals surface area (Å²) >= 11 is 0. The molecule has 0 aliphatic rings. The van der Waals surface area contributed by atoms with Crippen molar-refractivity contribution in [2.24, 2.45) is 0 Å². The second-order valence-corrected chi connectivity index (χ2v) is 18.2. The van der Waals surface area contributed by atoms with Gasteiger partial charge in [0.25, 0.3) is 0 Å². The topological polar surface area (TPSA) is 151 Å². The lowest BCUT2D eigenvalue weighted by Gasteiger charge is -2.24. The van der Waals surface area contributed by atoms with Crippen LogP contribution in [0.4, 0.5) is 0 Å². The highest BCUT2D eigenvalue weighted by Gasteiger charge is 2.27. The summed E-state index contributed by atoms with van der Waals surface area (Å²) in [5, 5.41) is 39.6. The summed E-state index contributed by atoms with van der Waals surface area (Å²) in [5.41, 5.74) is 8.95. The van der Waals surface area contributed by atoms with Crippen LogP contribution in [0.2, 0.25) is 0 Å². The molecule has 0 amide bonds. The van der Waals surface area contributed by atoms with Gasteiger partial charge in [-0.3, -0.25) is 0 Å². The van der Waals surface area contributed by atoms with Gasteiger partial charge in [0, 0.05) is 39.9 Å². The molecular formula is C72H48N4O6. The van der Waals surface area contributed by atoms with Gasteiger partial charge in [-0.25, -0.2) is 0 Å². The molecule has 0 saturated heterocycles. The van der Waals surface area contributed by atoms with Crippen molar-refractivity contribution in [2.75, 3.05) is 14.2 Å². The minimum absolute atomic E-state index is 0.144. The second kappa shape index (κ2) is 25.6. The van der Waals surface area contributed by atoms with Crippen LogP contribution < -0.4 is 28.4 Å². The molecule has 82 heavy (non-hydrogen) atoms. The SMILES string of the molecule is COc1cc(-c2ccccc2)c(Oc2cc(C#N)c(C#N)cc2Oc2c(-c3ccccc3)cc(OC)c(-c3ccccc3)c2-c2ccccc2)c(-c2ccccc2)c1.N#Cc1c(Oc2ccccc2)ccc(Oc2ccccc2)c1C#N. The molecule has 0 bridgehead atoms. The first-order valence-electron chi connectivity index (χ1n) is 25.9. The Bertz CT molecular complexity index is 4060. The van der Waals surface area contributed by atoms with E-state index in [0.717, 1.165) is 55.6 Å². The highest BCUT2D eigenvalue weighted by molar-refractivity contribution is 5.97. The van der Waals surface area contributed by atoms with E-state index in [1.54, 1.807) is 62.8 Å². The van der Waals surface area contributed by atoms with E-state index < -0.39 is 0 Å². The fraction of sp³-hybridized carbons (Fsp3) is 0.0278. The van der Waals surface area contributed by atoms with Crippen LogP contribution in [0.25, 0.3) is 55.6 Å². The number of nitrogens with zero attached hydrogens (tertiary/aromatic N) is 4. The molecular weight excluding hydrogens is 1020 g/mol. The van der Waals surface area contributed by atoms with Crippen molar-refractivity contribution in [3.8, 4) is 137 Å². The zero-order chi connectivity index (χ0) is 56.6. The van der Waals surface area contributed by atoms with Crippen LogP contribution >= 0.6 is 0 Å². The molecule has 10 heteroatoms. The number of methoxy groups -OCH3 is 2. The molecule has 0 unspecified atom stereocenters. The zero-order valence-corrected chi connectivity index (χ0v) is 44.5. The first kappa shape index (κ1) is 53.6. The van der Waals surface area contributed by atoms with Crippen LogP contribution in [-0.4, -0.2) is 14.2 Å². The third kappa shape index (κ3) is 11.8. The number of nitriles is 4. The van der Waals surface area contributed by atoms with E-state index in [0.29, 0.717) is 46.0 Å². The molecule has 392 valence electrons. The highest BCUT2D eigenvalue weighted by atomic mass is 16.5. The average molecular weight is 1070 g/mol. The van der Waals surface area contributed by atoms with Gasteiger partial charge in [-0.05, 0) is 82.4 Å². The van der Waals surface area contributed by atoms with Crippen molar-refractivity contribution in [2.45, 2.75) is 0 Å². The number of para-hydroxylation sites is 2. The Hall–Kier alpha value is -11.8. The van der Waals surface area contributed by atoms with Gasteiger partial charge in [-0.15, -0.1) is 0 Å². The van der Waals surface area contributed by atoms with Crippen molar-refractivity contribution in [3.05, 3.63) is 277 Å². The summed E-state index contributed by atoms with van der Waals surface area (Å²) in [6, 6.07) is 88.8. The summed E-state index contributed by atoms with van der Waals surface area (Å²) in [4.78, 5) is 0. The molecule has 11 aromatic carbocycles. The van der Waals surface area contributed by atoms with Crippen LogP contribution in [0.3, 0.4) is 0 Å². The summed E-state index contributed by atoms with van der Waals surface area (Å²) < 4.78 is 37.7. The van der Waals surface area contributed by atoms with Crippen molar-refractivity contribution in [1.29, 1.82) is 21.0 Å². The molecule has 11 rings (SSSR count). The van der Waals surface area contributed by atoms with Crippen LogP contribution in [0.15, 0.2) is 255 Å².